The molecule has 0 atom stereocenters. The molecule has 1 fully saturated rings. The Balaban J connectivity index is 1.93. The first-order valence-electron chi connectivity index (χ1n) is 8.43. The number of aromatic hydroxyl groups is 1. The molecule has 1 heterocycles. The number of aromatic carboxylic acids is 1. The Bertz CT molecular complexity index is 1000. The molecule has 0 unspecified atom stereocenters. The number of thioether (sulfide) groups is 1. The molecule has 0 bridgehead atoms. The number of methoxy groups -OCH3 is 1. The van der Waals surface area contributed by atoms with Crippen LogP contribution in [0.2, 0.25) is 0 Å². The average Bonchev–Trinajstić information content (AvgIpc) is 2.96. The van der Waals surface area contributed by atoms with Gasteiger partial charge in [0.15, 0.2) is 5.17 Å². The molecule has 2 aromatic carbocycles. The molecule has 0 aliphatic carbocycles. The number of carbonyl (C=O) groups excluding carboxylic acids is 1. The zero-order valence-corrected chi connectivity index (χ0v) is 16.1. The van der Waals surface area contributed by atoms with Gasteiger partial charge in [-0.1, -0.05) is 12.1 Å². The van der Waals surface area contributed by atoms with Gasteiger partial charge in [0.1, 0.15) is 17.1 Å². The largest absolute Gasteiger partial charge is 0.507 e. The fourth-order valence-electron chi connectivity index (χ4n) is 2.63. The van der Waals surface area contributed by atoms with Gasteiger partial charge in [0.25, 0.3) is 5.91 Å². The highest BCUT2D eigenvalue weighted by Crippen LogP contribution is 2.35. The third-order valence-electron chi connectivity index (χ3n) is 4.03. The summed E-state index contributed by atoms with van der Waals surface area (Å²) in [5, 5.41) is 19.3. The summed E-state index contributed by atoms with van der Waals surface area (Å²) in [7, 11) is 1.58. The second kappa shape index (κ2) is 8.18. The van der Waals surface area contributed by atoms with Gasteiger partial charge in [0, 0.05) is 12.6 Å². The van der Waals surface area contributed by atoms with Crippen LogP contribution in [0.1, 0.15) is 22.8 Å². The maximum atomic E-state index is 12.7. The van der Waals surface area contributed by atoms with Gasteiger partial charge < -0.3 is 14.9 Å². The van der Waals surface area contributed by atoms with Crippen molar-refractivity contribution in [2.45, 2.75) is 6.92 Å². The maximum Gasteiger partial charge on any atom is 0.339 e. The number of rotatable bonds is 5. The molecule has 144 valence electrons. The van der Waals surface area contributed by atoms with Crippen molar-refractivity contribution in [2.75, 3.05) is 13.7 Å². The summed E-state index contributed by atoms with van der Waals surface area (Å²) in [5.74, 6) is -1.07. The summed E-state index contributed by atoms with van der Waals surface area (Å²) in [6.07, 6.45) is 1.77. The number of hydrogen-bond donors (Lipinski definition) is 2. The lowest BCUT2D eigenvalue weighted by Gasteiger charge is -2.12. The number of benzene rings is 2. The number of carboxylic acid groups (broad SMARTS) is 1. The maximum absolute atomic E-state index is 12.7. The Labute approximate surface area is 166 Å². The molecule has 8 heteroatoms. The van der Waals surface area contributed by atoms with Crippen molar-refractivity contribution in [1.29, 1.82) is 0 Å². The summed E-state index contributed by atoms with van der Waals surface area (Å²) >= 11 is 1.22. The predicted octanol–water partition coefficient (Wildman–Crippen LogP) is 3.72. The number of amidine groups is 1. The second-order valence-corrected chi connectivity index (χ2v) is 6.85. The van der Waals surface area contributed by atoms with Crippen molar-refractivity contribution in [3.8, 4) is 11.5 Å². The number of ether oxygens (including phenoxy) is 1. The number of amides is 1. The number of carbonyl (C=O) groups is 2. The summed E-state index contributed by atoms with van der Waals surface area (Å²) in [6.45, 7) is 2.27. The van der Waals surface area contributed by atoms with Gasteiger partial charge in [-0.05, 0) is 54.6 Å². The molecule has 0 saturated carbocycles. The van der Waals surface area contributed by atoms with Gasteiger partial charge in [-0.2, -0.15) is 0 Å². The van der Waals surface area contributed by atoms with Crippen LogP contribution < -0.4 is 4.74 Å². The van der Waals surface area contributed by atoms with E-state index < -0.39 is 5.97 Å². The molecule has 3 rings (SSSR count). The Morgan fingerprint density at radius 1 is 1.29 bits per heavy atom. The van der Waals surface area contributed by atoms with Crippen molar-refractivity contribution < 1.29 is 24.5 Å². The SMILES string of the molecule is CCN1C(=O)/C(=C/c2cccc(OC)c2)SC1=Nc1ccc(C(=O)O)c(O)c1. The molecule has 28 heavy (non-hydrogen) atoms. The van der Waals surface area contributed by atoms with Crippen LogP contribution in [0.5, 0.6) is 11.5 Å². The molecular weight excluding hydrogens is 380 g/mol. The van der Waals surface area contributed by atoms with E-state index in [9.17, 15) is 14.7 Å². The standard InChI is InChI=1S/C20H18N2O5S/c1-3-22-18(24)17(10-12-5-4-6-14(9-12)27-2)28-20(22)21-13-7-8-15(19(25)26)16(23)11-13/h4-11,23H,3H2,1-2H3,(H,25,26)/b17-10-,21-20?. The van der Waals surface area contributed by atoms with E-state index >= 15 is 0 Å². The van der Waals surface area contributed by atoms with E-state index in [1.54, 1.807) is 13.2 Å². The third kappa shape index (κ3) is 4.01. The number of nitrogens with zero attached hydrogens (tertiary/aromatic N) is 2. The third-order valence-corrected chi connectivity index (χ3v) is 5.04. The Morgan fingerprint density at radius 2 is 2.07 bits per heavy atom. The molecule has 1 saturated heterocycles. The molecule has 2 aromatic rings. The van der Waals surface area contributed by atoms with Crippen LogP contribution in [0.25, 0.3) is 6.08 Å². The first-order chi connectivity index (χ1) is 13.4. The van der Waals surface area contributed by atoms with E-state index in [-0.39, 0.29) is 17.2 Å². The summed E-state index contributed by atoms with van der Waals surface area (Å²) in [5.41, 5.74) is 0.986. The topological polar surface area (TPSA) is 99.4 Å². The quantitative estimate of drug-likeness (QED) is 0.745. The molecule has 1 amide bonds. The molecule has 2 N–H and O–H groups in total. The van der Waals surface area contributed by atoms with E-state index in [1.807, 2.05) is 31.2 Å². The van der Waals surface area contributed by atoms with Crippen molar-refractivity contribution in [3.63, 3.8) is 0 Å². The Kier molecular flexibility index (Phi) is 5.70. The molecule has 1 aliphatic rings. The van der Waals surface area contributed by atoms with Crippen LogP contribution in [0, 0.1) is 0 Å². The minimum atomic E-state index is -1.22. The lowest BCUT2D eigenvalue weighted by molar-refractivity contribution is -0.122. The number of aliphatic imine (C=N–C) groups is 1. The van der Waals surface area contributed by atoms with E-state index in [0.717, 1.165) is 5.56 Å². The van der Waals surface area contributed by atoms with Gasteiger partial charge in [0.05, 0.1) is 17.7 Å². The zero-order chi connectivity index (χ0) is 20.3. The smallest absolute Gasteiger partial charge is 0.339 e. The fourth-order valence-corrected chi connectivity index (χ4v) is 3.70. The first kappa shape index (κ1) is 19.5. The highest BCUT2D eigenvalue weighted by atomic mass is 32.2. The highest BCUT2D eigenvalue weighted by molar-refractivity contribution is 8.18. The van der Waals surface area contributed by atoms with E-state index in [2.05, 4.69) is 4.99 Å². The summed E-state index contributed by atoms with van der Waals surface area (Å²) in [6, 6.07) is 11.4. The summed E-state index contributed by atoms with van der Waals surface area (Å²) in [4.78, 5) is 30.2. The zero-order valence-electron chi connectivity index (χ0n) is 15.2. The summed E-state index contributed by atoms with van der Waals surface area (Å²) < 4.78 is 5.21. The molecule has 7 nitrogen and oxygen atoms in total. The normalized spacial score (nSPS) is 16.8. The lowest BCUT2D eigenvalue weighted by Crippen LogP contribution is -2.28. The lowest BCUT2D eigenvalue weighted by atomic mass is 10.2. The number of carboxylic acids is 1. The number of phenols is 1. The van der Waals surface area contributed by atoms with Crippen LogP contribution in [0.3, 0.4) is 0 Å². The van der Waals surface area contributed by atoms with Crippen LogP contribution in [0.15, 0.2) is 52.4 Å². The fraction of sp³-hybridized carbons (Fsp3) is 0.150. The van der Waals surface area contributed by atoms with E-state index in [0.29, 0.717) is 28.1 Å². The van der Waals surface area contributed by atoms with Gasteiger partial charge in [-0.15, -0.1) is 0 Å². The predicted molar refractivity (Wildman–Crippen MR) is 108 cm³/mol. The Morgan fingerprint density at radius 3 is 2.71 bits per heavy atom. The monoisotopic (exact) mass is 398 g/mol. The first-order valence-corrected chi connectivity index (χ1v) is 9.25. The molecule has 1 aliphatic heterocycles. The highest BCUT2D eigenvalue weighted by Gasteiger charge is 2.32. The molecular formula is C20H18N2O5S. The van der Waals surface area contributed by atoms with Gasteiger partial charge in [0.2, 0.25) is 0 Å². The minimum absolute atomic E-state index is 0.166. The van der Waals surface area contributed by atoms with Crippen LogP contribution in [-0.2, 0) is 4.79 Å². The van der Waals surface area contributed by atoms with Crippen molar-refractivity contribution >= 4 is 40.6 Å². The minimum Gasteiger partial charge on any atom is -0.507 e. The Hall–Kier alpha value is -3.26. The molecule has 0 spiro atoms. The number of likely N-dealkylation sites (N-methyl/N-ethyl adjacent to an activating group) is 1. The molecule has 0 aromatic heterocycles. The van der Waals surface area contributed by atoms with Gasteiger partial charge in [-0.25, -0.2) is 9.79 Å². The van der Waals surface area contributed by atoms with Crippen LogP contribution in [0.4, 0.5) is 5.69 Å². The van der Waals surface area contributed by atoms with Crippen LogP contribution in [-0.4, -0.2) is 45.8 Å². The van der Waals surface area contributed by atoms with Crippen LogP contribution >= 0.6 is 11.8 Å². The van der Waals surface area contributed by atoms with E-state index in [4.69, 9.17) is 9.84 Å². The second-order valence-electron chi connectivity index (χ2n) is 5.84. The van der Waals surface area contributed by atoms with Gasteiger partial charge >= 0.3 is 5.97 Å². The van der Waals surface area contributed by atoms with E-state index in [1.165, 1.54) is 34.9 Å². The number of hydrogen-bond acceptors (Lipinski definition) is 6. The van der Waals surface area contributed by atoms with Crippen molar-refractivity contribution in [3.05, 3.63) is 58.5 Å². The van der Waals surface area contributed by atoms with Crippen molar-refractivity contribution in [2.24, 2.45) is 4.99 Å². The average molecular weight is 398 g/mol. The van der Waals surface area contributed by atoms with Crippen molar-refractivity contribution in [1.82, 2.24) is 4.90 Å². The molecule has 0 radical (unpaired) electrons. The van der Waals surface area contributed by atoms with Gasteiger partial charge in [-0.3, -0.25) is 9.69 Å².